The average molecular weight is 349 g/mol. The van der Waals surface area contributed by atoms with E-state index in [4.69, 9.17) is 4.74 Å². The predicted octanol–water partition coefficient (Wildman–Crippen LogP) is 4.27. The Kier molecular flexibility index (Phi) is 6.24. The first-order chi connectivity index (χ1) is 11.0. The minimum atomic E-state index is -0.416. The van der Waals surface area contributed by atoms with Gasteiger partial charge in [0, 0.05) is 21.9 Å². The topological polar surface area (TPSA) is 55.4 Å². The molecule has 1 amide bonds. The number of amides is 1. The summed E-state index contributed by atoms with van der Waals surface area (Å²) in [6.45, 7) is 3.78. The van der Waals surface area contributed by atoms with E-state index in [1.54, 1.807) is 11.8 Å². The van der Waals surface area contributed by atoms with Crippen molar-refractivity contribution in [3.8, 4) is 0 Å². The zero-order valence-corrected chi connectivity index (χ0v) is 15.0. The van der Waals surface area contributed by atoms with Gasteiger partial charge in [-0.15, -0.1) is 23.1 Å². The lowest BCUT2D eigenvalue weighted by atomic mass is 10.1. The summed E-state index contributed by atoms with van der Waals surface area (Å²) in [4.78, 5) is 26.1. The van der Waals surface area contributed by atoms with E-state index in [1.165, 1.54) is 18.4 Å². The molecule has 2 rings (SSSR count). The maximum absolute atomic E-state index is 12.1. The number of esters is 1. The molecule has 0 aliphatic carbocycles. The third-order valence-electron chi connectivity index (χ3n) is 3.37. The van der Waals surface area contributed by atoms with E-state index in [-0.39, 0.29) is 5.91 Å². The third-order valence-corrected chi connectivity index (χ3v) is 5.51. The normalized spacial score (nSPS) is 10.4. The lowest BCUT2D eigenvalue weighted by Gasteiger charge is -2.06. The fourth-order valence-electron chi connectivity index (χ4n) is 2.03. The monoisotopic (exact) mass is 349 g/mol. The van der Waals surface area contributed by atoms with Crippen LogP contribution in [0.15, 0.2) is 35.2 Å². The average Bonchev–Trinajstić information content (AvgIpc) is 2.82. The Hall–Kier alpha value is -1.79. The maximum Gasteiger partial charge on any atom is 0.341 e. The molecule has 0 fully saturated rings. The van der Waals surface area contributed by atoms with Gasteiger partial charge in [-0.05, 0) is 31.5 Å². The lowest BCUT2D eigenvalue weighted by Crippen LogP contribution is -2.14. The summed E-state index contributed by atoms with van der Waals surface area (Å²) >= 11 is 3.04. The Balaban J connectivity index is 1.95. The van der Waals surface area contributed by atoms with Crippen molar-refractivity contribution in [2.45, 2.75) is 25.2 Å². The van der Waals surface area contributed by atoms with E-state index in [0.717, 1.165) is 15.3 Å². The van der Waals surface area contributed by atoms with Crippen molar-refractivity contribution in [2.24, 2.45) is 0 Å². The number of benzene rings is 1. The van der Waals surface area contributed by atoms with Crippen LogP contribution >= 0.6 is 23.1 Å². The number of nitrogens with one attached hydrogen (secondary N) is 1. The Bertz CT molecular complexity index is 695. The molecule has 1 N–H and O–H groups in total. The van der Waals surface area contributed by atoms with E-state index in [9.17, 15) is 9.59 Å². The number of rotatable bonds is 6. The Labute approximate surface area is 144 Å². The summed E-state index contributed by atoms with van der Waals surface area (Å²) in [6.07, 6.45) is 0.385. The van der Waals surface area contributed by atoms with Gasteiger partial charge >= 0.3 is 5.97 Å². The first-order valence-electron chi connectivity index (χ1n) is 7.19. The molecule has 0 bridgehead atoms. The first kappa shape index (κ1) is 17.6. The molecule has 0 aliphatic heterocycles. The van der Waals surface area contributed by atoms with Gasteiger partial charge in [-0.25, -0.2) is 4.79 Å². The number of thioether (sulfide) groups is 1. The van der Waals surface area contributed by atoms with Crippen LogP contribution in [0.2, 0.25) is 0 Å². The van der Waals surface area contributed by atoms with Crippen LogP contribution in [-0.2, 0) is 9.53 Å². The van der Waals surface area contributed by atoms with Gasteiger partial charge < -0.3 is 10.1 Å². The molecule has 0 atom stereocenters. The molecule has 4 nitrogen and oxygen atoms in total. The molecule has 1 aromatic carbocycles. The van der Waals surface area contributed by atoms with Crippen molar-refractivity contribution in [1.82, 2.24) is 0 Å². The highest BCUT2D eigenvalue weighted by molar-refractivity contribution is 7.99. The van der Waals surface area contributed by atoms with Crippen molar-refractivity contribution in [1.29, 1.82) is 0 Å². The van der Waals surface area contributed by atoms with Crippen LogP contribution in [0.25, 0.3) is 0 Å². The summed E-state index contributed by atoms with van der Waals surface area (Å²) in [5.41, 5.74) is 1.31. The fourth-order valence-corrected chi connectivity index (χ4v) is 3.97. The summed E-state index contributed by atoms with van der Waals surface area (Å²) in [5.74, 6) is 0.174. The lowest BCUT2D eigenvalue weighted by molar-refractivity contribution is -0.115. The van der Waals surface area contributed by atoms with Gasteiger partial charge in [0.05, 0.1) is 12.7 Å². The van der Waals surface area contributed by atoms with Crippen molar-refractivity contribution in [3.63, 3.8) is 0 Å². The third kappa shape index (κ3) is 4.59. The highest BCUT2D eigenvalue weighted by Crippen LogP contribution is 2.33. The molecular formula is C17H19NO3S2. The molecule has 2 aromatic rings. The number of ether oxygens (including phenoxy) is 1. The van der Waals surface area contributed by atoms with Crippen LogP contribution in [0.3, 0.4) is 0 Å². The van der Waals surface area contributed by atoms with Gasteiger partial charge in [0.25, 0.3) is 0 Å². The molecule has 0 saturated heterocycles. The van der Waals surface area contributed by atoms with Crippen LogP contribution < -0.4 is 5.32 Å². The molecule has 1 heterocycles. The molecule has 0 spiro atoms. The maximum atomic E-state index is 12.1. The largest absolute Gasteiger partial charge is 0.465 e. The number of hydrogen-bond acceptors (Lipinski definition) is 5. The molecule has 1 aromatic heterocycles. The zero-order chi connectivity index (χ0) is 16.8. The Morgan fingerprint density at radius 3 is 2.57 bits per heavy atom. The summed E-state index contributed by atoms with van der Waals surface area (Å²) < 4.78 is 4.80. The van der Waals surface area contributed by atoms with E-state index >= 15 is 0 Å². The van der Waals surface area contributed by atoms with E-state index in [2.05, 4.69) is 5.32 Å². The van der Waals surface area contributed by atoms with Crippen LogP contribution in [-0.4, -0.2) is 24.7 Å². The summed E-state index contributed by atoms with van der Waals surface area (Å²) in [5, 5.41) is 3.41. The van der Waals surface area contributed by atoms with Gasteiger partial charge in [-0.2, -0.15) is 0 Å². The summed E-state index contributed by atoms with van der Waals surface area (Å²) in [6, 6.07) is 9.95. The van der Waals surface area contributed by atoms with E-state index in [1.807, 2.05) is 44.2 Å². The van der Waals surface area contributed by atoms with Crippen molar-refractivity contribution in [3.05, 3.63) is 46.3 Å². The number of carbonyl (C=O) groups is 2. The van der Waals surface area contributed by atoms with Crippen LogP contribution in [0.4, 0.5) is 5.00 Å². The second kappa shape index (κ2) is 8.17. The van der Waals surface area contributed by atoms with Crippen molar-refractivity contribution in [2.75, 3.05) is 18.2 Å². The predicted molar refractivity (Wildman–Crippen MR) is 95.5 cm³/mol. The molecule has 6 heteroatoms. The second-order valence-electron chi connectivity index (χ2n) is 4.94. The molecular weight excluding hydrogens is 330 g/mol. The van der Waals surface area contributed by atoms with Crippen LogP contribution in [0, 0.1) is 13.8 Å². The van der Waals surface area contributed by atoms with Crippen molar-refractivity contribution >= 4 is 40.0 Å². The number of hydrogen-bond donors (Lipinski definition) is 1. The quantitative estimate of drug-likeness (QED) is 0.625. The highest BCUT2D eigenvalue weighted by atomic mass is 32.2. The molecule has 23 heavy (non-hydrogen) atoms. The van der Waals surface area contributed by atoms with Crippen molar-refractivity contribution < 1.29 is 14.3 Å². The number of thiophene rings is 1. The number of carbonyl (C=O) groups excluding carboxylic acids is 2. The Morgan fingerprint density at radius 2 is 1.91 bits per heavy atom. The highest BCUT2D eigenvalue weighted by Gasteiger charge is 2.21. The molecule has 0 aliphatic rings. The first-order valence-corrected chi connectivity index (χ1v) is 8.99. The number of methoxy groups -OCH3 is 1. The molecule has 0 unspecified atom stereocenters. The smallest absolute Gasteiger partial charge is 0.341 e. The van der Waals surface area contributed by atoms with Gasteiger partial charge in [-0.1, -0.05) is 18.2 Å². The van der Waals surface area contributed by atoms with E-state index in [0.29, 0.717) is 22.7 Å². The summed E-state index contributed by atoms with van der Waals surface area (Å²) in [7, 11) is 1.34. The molecule has 0 saturated carbocycles. The fraction of sp³-hybridized carbons (Fsp3) is 0.294. The standard InChI is InChI=1S/C17H19NO3S2/c1-11-12(2)23-16(15(11)17(20)21-3)18-14(19)9-10-22-13-7-5-4-6-8-13/h4-8H,9-10H2,1-3H3,(H,18,19). The number of aryl methyl sites for hydroxylation is 1. The van der Waals surface area contributed by atoms with E-state index < -0.39 is 5.97 Å². The van der Waals surface area contributed by atoms with Crippen LogP contribution in [0.5, 0.6) is 0 Å². The SMILES string of the molecule is COC(=O)c1c(NC(=O)CCSc2ccccc2)sc(C)c1C. The minimum Gasteiger partial charge on any atom is -0.465 e. The minimum absolute atomic E-state index is 0.0974. The van der Waals surface area contributed by atoms with Gasteiger partial charge in [-0.3, -0.25) is 4.79 Å². The van der Waals surface area contributed by atoms with Crippen LogP contribution in [0.1, 0.15) is 27.2 Å². The number of anilines is 1. The van der Waals surface area contributed by atoms with Gasteiger partial charge in [0.15, 0.2) is 0 Å². The zero-order valence-electron chi connectivity index (χ0n) is 13.3. The molecule has 122 valence electrons. The Morgan fingerprint density at radius 1 is 1.22 bits per heavy atom. The van der Waals surface area contributed by atoms with Gasteiger partial charge in [0.2, 0.25) is 5.91 Å². The molecule has 0 radical (unpaired) electrons. The second-order valence-corrected chi connectivity index (χ2v) is 7.33. The van der Waals surface area contributed by atoms with Gasteiger partial charge in [0.1, 0.15) is 5.00 Å².